The van der Waals surface area contributed by atoms with Crippen LogP contribution in [0.15, 0.2) is 41.3 Å². The van der Waals surface area contributed by atoms with Crippen LogP contribution in [0.4, 0.5) is 14.5 Å². The summed E-state index contributed by atoms with van der Waals surface area (Å²) in [7, 11) is 0. The van der Waals surface area contributed by atoms with E-state index in [-0.39, 0.29) is 17.0 Å². The third kappa shape index (κ3) is 3.27. The van der Waals surface area contributed by atoms with Crippen LogP contribution in [0.1, 0.15) is 15.9 Å². The van der Waals surface area contributed by atoms with Gasteiger partial charge in [-0.2, -0.15) is 0 Å². The molecule has 6 heteroatoms. The van der Waals surface area contributed by atoms with Gasteiger partial charge in [-0.25, -0.2) is 8.78 Å². The number of benzene rings is 2. The molecule has 0 saturated carbocycles. The zero-order valence-electron chi connectivity index (χ0n) is 10.4. The number of anilines is 1. The molecule has 0 aromatic heterocycles. The monoisotopic (exact) mass is 294 g/mol. The smallest absolute Gasteiger partial charge is 0.248 e. The average molecular weight is 294 g/mol. The van der Waals surface area contributed by atoms with Gasteiger partial charge < -0.3 is 11.5 Å². The molecule has 2 aromatic rings. The summed E-state index contributed by atoms with van der Waals surface area (Å²) < 4.78 is 26.9. The van der Waals surface area contributed by atoms with Gasteiger partial charge in [0.1, 0.15) is 11.6 Å². The highest BCUT2D eigenvalue weighted by Gasteiger charge is 2.08. The van der Waals surface area contributed by atoms with Crippen molar-refractivity contribution in [2.24, 2.45) is 5.73 Å². The van der Waals surface area contributed by atoms with E-state index in [2.05, 4.69) is 0 Å². The highest BCUT2D eigenvalue weighted by molar-refractivity contribution is 7.98. The largest absolute Gasteiger partial charge is 0.396 e. The van der Waals surface area contributed by atoms with Gasteiger partial charge in [-0.3, -0.25) is 4.79 Å². The van der Waals surface area contributed by atoms with E-state index in [9.17, 15) is 13.6 Å². The molecule has 0 aliphatic heterocycles. The molecule has 0 heterocycles. The molecule has 0 saturated heterocycles. The fourth-order valence-electron chi connectivity index (χ4n) is 1.60. The normalized spacial score (nSPS) is 10.5. The van der Waals surface area contributed by atoms with E-state index in [4.69, 9.17) is 11.5 Å². The number of primary amides is 1. The lowest BCUT2D eigenvalue weighted by Crippen LogP contribution is -2.11. The molecule has 0 spiro atoms. The molecular formula is C14H12F2N2OS. The number of hydrogen-bond donors (Lipinski definition) is 2. The van der Waals surface area contributed by atoms with Crippen LogP contribution in [0.2, 0.25) is 0 Å². The lowest BCUT2D eigenvalue weighted by molar-refractivity contribution is 0.1000. The maximum Gasteiger partial charge on any atom is 0.248 e. The molecule has 3 nitrogen and oxygen atoms in total. The summed E-state index contributed by atoms with van der Waals surface area (Å²) >= 11 is 1.24. The van der Waals surface area contributed by atoms with E-state index >= 15 is 0 Å². The highest BCUT2D eigenvalue weighted by Crippen LogP contribution is 2.26. The Hall–Kier alpha value is -2.08. The Morgan fingerprint density at radius 3 is 2.50 bits per heavy atom. The fourth-order valence-corrected chi connectivity index (χ4v) is 2.49. The van der Waals surface area contributed by atoms with Crippen molar-refractivity contribution < 1.29 is 13.6 Å². The van der Waals surface area contributed by atoms with Crippen molar-refractivity contribution in [1.82, 2.24) is 0 Å². The van der Waals surface area contributed by atoms with Crippen molar-refractivity contribution in [3.05, 3.63) is 59.2 Å². The second-order valence-electron chi connectivity index (χ2n) is 4.14. The first-order valence-corrected chi connectivity index (χ1v) is 6.72. The second kappa shape index (κ2) is 5.92. The summed E-state index contributed by atoms with van der Waals surface area (Å²) in [4.78, 5) is 11.7. The molecule has 2 rings (SSSR count). The molecule has 2 aromatic carbocycles. The summed E-state index contributed by atoms with van der Waals surface area (Å²) in [6.45, 7) is 0. The third-order valence-electron chi connectivity index (χ3n) is 2.70. The standard InChI is InChI=1S/C14H12F2N2OS/c15-11-3-1-8(14(18)19)5-9(11)7-20-10-2-4-13(17)12(16)6-10/h1-6H,7,17H2,(H2,18,19). The Balaban J connectivity index is 2.15. The van der Waals surface area contributed by atoms with Crippen molar-refractivity contribution in [2.75, 3.05) is 5.73 Å². The first-order chi connectivity index (χ1) is 9.47. The van der Waals surface area contributed by atoms with Gasteiger partial charge in [0.25, 0.3) is 0 Å². The van der Waals surface area contributed by atoms with Crippen LogP contribution in [0.25, 0.3) is 0 Å². The SMILES string of the molecule is NC(=O)c1ccc(F)c(CSc2ccc(N)c(F)c2)c1. The Bertz CT molecular complexity index is 662. The molecule has 4 N–H and O–H groups in total. The van der Waals surface area contributed by atoms with Crippen molar-refractivity contribution >= 4 is 23.4 Å². The van der Waals surface area contributed by atoms with Crippen LogP contribution in [0, 0.1) is 11.6 Å². The summed E-state index contributed by atoms with van der Waals surface area (Å²) in [5.41, 5.74) is 11.2. The van der Waals surface area contributed by atoms with Crippen LogP contribution < -0.4 is 11.5 Å². The Morgan fingerprint density at radius 1 is 1.10 bits per heavy atom. The van der Waals surface area contributed by atoms with Gasteiger partial charge in [0.05, 0.1) is 5.69 Å². The number of nitrogens with two attached hydrogens (primary N) is 2. The highest BCUT2D eigenvalue weighted by atomic mass is 32.2. The van der Waals surface area contributed by atoms with Gasteiger partial charge in [-0.05, 0) is 42.0 Å². The maximum absolute atomic E-state index is 13.6. The van der Waals surface area contributed by atoms with E-state index in [0.29, 0.717) is 10.5 Å². The van der Waals surface area contributed by atoms with Crippen LogP contribution in [0.3, 0.4) is 0 Å². The maximum atomic E-state index is 13.6. The minimum absolute atomic E-state index is 0.0660. The Kier molecular flexibility index (Phi) is 4.24. The Morgan fingerprint density at radius 2 is 1.85 bits per heavy atom. The Labute approximate surface area is 119 Å². The number of hydrogen-bond acceptors (Lipinski definition) is 3. The molecule has 0 aliphatic carbocycles. The van der Waals surface area contributed by atoms with Crippen LogP contribution in [0.5, 0.6) is 0 Å². The van der Waals surface area contributed by atoms with E-state index < -0.39 is 17.5 Å². The topological polar surface area (TPSA) is 69.1 Å². The van der Waals surface area contributed by atoms with E-state index in [1.165, 1.54) is 42.1 Å². The van der Waals surface area contributed by atoms with Crippen LogP contribution in [-0.2, 0) is 5.75 Å². The van der Waals surface area contributed by atoms with Gasteiger partial charge in [0.15, 0.2) is 0 Å². The third-order valence-corrected chi connectivity index (χ3v) is 3.74. The van der Waals surface area contributed by atoms with Crippen molar-refractivity contribution in [1.29, 1.82) is 0 Å². The van der Waals surface area contributed by atoms with E-state index in [0.717, 1.165) is 0 Å². The molecule has 20 heavy (non-hydrogen) atoms. The first-order valence-electron chi connectivity index (χ1n) is 5.73. The molecular weight excluding hydrogens is 282 g/mol. The van der Waals surface area contributed by atoms with Crippen molar-refractivity contribution in [3.8, 4) is 0 Å². The summed E-state index contributed by atoms with van der Waals surface area (Å²) in [6.07, 6.45) is 0. The van der Waals surface area contributed by atoms with Crippen LogP contribution in [-0.4, -0.2) is 5.91 Å². The van der Waals surface area contributed by atoms with Gasteiger partial charge in [-0.1, -0.05) is 0 Å². The van der Waals surface area contributed by atoms with E-state index in [1.807, 2.05) is 0 Å². The minimum Gasteiger partial charge on any atom is -0.396 e. The fraction of sp³-hybridized carbons (Fsp3) is 0.0714. The predicted molar refractivity (Wildman–Crippen MR) is 75.3 cm³/mol. The molecule has 0 bridgehead atoms. The number of carbonyl (C=O) groups is 1. The minimum atomic E-state index is -0.616. The number of thioether (sulfide) groups is 1. The molecule has 0 aliphatic rings. The molecule has 0 fully saturated rings. The molecule has 0 atom stereocenters. The van der Waals surface area contributed by atoms with Gasteiger partial charge in [0.2, 0.25) is 5.91 Å². The lowest BCUT2D eigenvalue weighted by atomic mass is 10.1. The van der Waals surface area contributed by atoms with Gasteiger partial charge in [-0.15, -0.1) is 11.8 Å². The van der Waals surface area contributed by atoms with Gasteiger partial charge >= 0.3 is 0 Å². The average Bonchev–Trinajstić information content (AvgIpc) is 2.41. The van der Waals surface area contributed by atoms with Crippen molar-refractivity contribution in [3.63, 3.8) is 0 Å². The number of rotatable bonds is 4. The number of carbonyl (C=O) groups excluding carboxylic acids is 1. The summed E-state index contributed by atoms with van der Waals surface area (Å²) in [6, 6.07) is 8.31. The van der Waals surface area contributed by atoms with Crippen molar-refractivity contribution in [2.45, 2.75) is 10.6 Å². The number of nitrogen functional groups attached to an aromatic ring is 1. The quantitative estimate of drug-likeness (QED) is 0.673. The molecule has 0 radical (unpaired) electrons. The molecule has 1 amide bonds. The number of halogens is 2. The number of amides is 1. The summed E-state index contributed by atoms with van der Waals surface area (Å²) in [5.74, 6) is -1.30. The zero-order chi connectivity index (χ0) is 14.7. The second-order valence-corrected chi connectivity index (χ2v) is 5.19. The predicted octanol–water partition coefficient (Wildman–Crippen LogP) is 2.94. The first kappa shape index (κ1) is 14.3. The van der Waals surface area contributed by atoms with Gasteiger partial charge in [0, 0.05) is 16.2 Å². The molecule has 104 valence electrons. The lowest BCUT2D eigenvalue weighted by Gasteiger charge is -2.06. The summed E-state index contributed by atoms with van der Waals surface area (Å²) in [5, 5.41) is 0. The molecule has 0 unspecified atom stereocenters. The van der Waals surface area contributed by atoms with Crippen LogP contribution >= 0.6 is 11.8 Å². The van der Waals surface area contributed by atoms with E-state index in [1.54, 1.807) is 6.07 Å². The zero-order valence-corrected chi connectivity index (χ0v) is 11.2.